The molecule has 0 fully saturated rings. The summed E-state index contributed by atoms with van der Waals surface area (Å²) in [7, 11) is 0. The average molecular weight is 515 g/mol. The van der Waals surface area contributed by atoms with E-state index in [-0.39, 0.29) is 28.5 Å². The first-order valence-corrected chi connectivity index (χ1v) is 8.83. The molecule has 0 spiro atoms. The Kier molecular flexibility index (Phi) is 53.8. The zero-order valence-corrected chi connectivity index (χ0v) is 20.3. The van der Waals surface area contributed by atoms with Crippen LogP contribution in [-0.4, -0.2) is 5.78 Å². The number of benzene rings is 2. The maximum atomic E-state index is 10.4. The third-order valence-corrected chi connectivity index (χ3v) is 2.26. The van der Waals surface area contributed by atoms with E-state index < -0.39 is 0 Å². The fourth-order valence-electron chi connectivity index (χ4n) is 1.23. The second-order valence-electron chi connectivity index (χ2n) is 3.95. The van der Waals surface area contributed by atoms with Crippen molar-refractivity contribution in [3.05, 3.63) is 80.2 Å². The summed E-state index contributed by atoms with van der Waals surface area (Å²) in [6, 6.07) is 24.0. The number of carbonyl (C=O) groups is 1. The van der Waals surface area contributed by atoms with Crippen molar-refractivity contribution in [1.29, 1.82) is 0 Å². The number of hydrogen-bond acceptors (Lipinski definition) is 1. The number of rotatable bonds is 3. The molecule has 0 aromatic heterocycles. The monoisotopic (exact) mass is 515 g/mol. The minimum atomic E-state index is 0. The molecule has 0 heterocycles. The molecule has 0 aliphatic rings. The third kappa shape index (κ3) is 39.5. The van der Waals surface area contributed by atoms with Crippen LogP contribution in [0.15, 0.2) is 72.8 Å². The van der Waals surface area contributed by atoms with Crippen LogP contribution in [0.5, 0.6) is 0 Å². The van der Waals surface area contributed by atoms with Gasteiger partial charge in [-0.05, 0) is 6.42 Å². The molecule has 25 heavy (non-hydrogen) atoms. The summed E-state index contributed by atoms with van der Waals surface area (Å²) in [6.07, 6.45) is 2.46. The molecule has 0 aliphatic heterocycles. The summed E-state index contributed by atoms with van der Waals surface area (Å²) in [4.78, 5) is 10.4. The Morgan fingerprint density at radius 2 is 0.800 bits per heavy atom. The molecule has 1 nitrogen and oxygen atoms in total. The Labute approximate surface area is 172 Å². The summed E-state index contributed by atoms with van der Waals surface area (Å²) in [5, 5.41) is 0. The van der Waals surface area contributed by atoms with E-state index in [9.17, 15) is 4.79 Å². The molecule has 2 rings (SSSR count). The van der Waals surface area contributed by atoms with E-state index in [1.807, 2.05) is 114 Å². The van der Waals surface area contributed by atoms with Gasteiger partial charge in [-0.25, -0.2) is 0 Å². The Bertz CT molecular complexity index is 302. The first-order valence-electron chi connectivity index (χ1n) is 8.83. The largest absolute Gasteiger partial charge is 0.358 e. The molecule has 0 aliphatic carbocycles. The van der Waals surface area contributed by atoms with Gasteiger partial charge >= 0.3 is 0 Å². The average Bonchev–Trinajstić information content (AvgIpc) is 2.69. The van der Waals surface area contributed by atoms with E-state index in [0.717, 1.165) is 12.8 Å². The second kappa shape index (κ2) is 38.4. The van der Waals surface area contributed by atoms with Gasteiger partial charge in [-0.2, -0.15) is 0 Å². The van der Waals surface area contributed by atoms with Crippen LogP contribution in [0.4, 0.5) is 0 Å². The molecule has 0 saturated heterocycles. The first kappa shape index (κ1) is 35.0. The molecule has 0 bridgehead atoms. The van der Waals surface area contributed by atoms with Gasteiger partial charge in [0.1, 0.15) is 5.78 Å². The molecule has 0 unspecified atom stereocenters. The Morgan fingerprint density at radius 1 is 0.600 bits per heavy atom. The maximum Gasteiger partial charge on any atom is 0.132 e. The normalized spacial score (nSPS) is 6.80. The molecule has 2 heteroatoms. The summed E-state index contributed by atoms with van der Waals surface area (Å²) in [6.45, 7) is 11.9. The minimum absolute atomic E-state index is 0. The summed E-state index contributed by atoms with van der Waals surface area (Å²) in [5.74, 6) is 0.377. The molecular formula is C23H39OW-. The third-order valence-electron chi connectivity index (χ3n) is 2.26. The van der Waals surface area contributed by atoms with Crippen molar-refractivity contribution in [3.63, 3.8) is 0 Å². The quantitative estimate of drug-likeness (QED) is 0.384. The van der Waals surface area contributed by atoms with Crippen LogP contribution in [0.3, 0.4) is 0 Å². The Morgan fingerprint density at radius 3 is 0.880 bits per heavy atom. The number of carbonyl (C=O) groups excluding carboxylic acids is 1. The number of Topliss-reactive ketones (excluding diaryl/α,β-unsaturated/α-hetero) is 1. The van der Waals surface area contributed by atoms with Gasteiger partial charge in [-0.1, -0.05) is 114 Å². The van der Waals surface area contributed by atoms with Crippen molar-refractivity contribution in [2.75, 3.05) is 0 Å². The maximum absolute atomic E-state index is 10.4. The van der Waals surface area contributed by atoms with Crippen molar-refractivity contribution < 1.29 is 25.9 Å². The van der Waals surface area contributed by atoms with E-state index >= 15 is 0 Å². The molecule has 2 aromatic rings. The molecule has 0 radical (unpaired) electrons. The summed E-state index contributed by atoms with van der Waals surface area (Å²) < 4.78 is 0. The predicted octanol–water partition coefficient (Wildman–Crippen LogP) is 7.64. The van der Waals surface area contributed by atoms with Crippen LogP contribution >= 0.6 is 0 Å². The standard InChI is InChI=1S/C6H12O.2C6H6.2C2H6.CH3.W/c1-3-5-6(7)4-2;2*1-2-4-6-5-3-1;2*1-2;;/h3-5H2,1-2H3;2*1-6H;2*1-2H3;1H3;/q;;;;;-1;. The molecule has 0 atom stereocenters. The minimum Gasteiger partial charge on any atom is -0.358 e. The van der Waals surface area contributed by atoms with E-state index in [2.05, 4.69) is 0 Å². The summed E-state index contributed by atoms with van der Waals surface area (Å²) >= 11 is 0. The van der Waals surface area contributed by atoms with Crippen LogP contribution in [0, 0.1) is 7.43 Å². The fraction of sp³-hybridized carbons (Fsp3) is 0.391. The second-order valence-corrected chi connectivity index (χ2v) is 3.95. The number of hydrogen-bond donors (Lipinski definition) is 0. The van der Waals surface area contributed by atoms with Gasteiger partial charge in [0.2, 0.25) is 0 Å². The van der Waals surface area contributed by atoms with Gasteiger partial charge in [-0.3, -0.25) is 4.79 Å². The van der Waals surface area contributed by atoms with E-state index in [4.69, 9.17) is 0 Å². The zero-order valence-electron chi connectivity index (χ0n) is 17.4. The van der Waals surface area contributed by atoms with Gasteiger partial charge in [0.05, 0.1) is 0 Å². The molecule has 0 saturated carbocycles. The van der Waals surface area contributed by atoms with Crippen LogP contribution in [-0.2, 0) is 25.9 Å². The Balaban J connectivity index is -0.0000000701. The first-order chi connectivity index (χ1) is 11.3. The van der Waals surface area contributed by atoms with Crippen LogP contribution < -0.4 is 0 Å². The topological polar surface area (TPSA) is 17.1 Å². The molecule has 2 aromatic carbocycles. The van der Waals surface area contributed by atoms with Gasteiger partial charge < -0.3 is 7.43 Å². The predicted molar refractivity (Wildman–Crippen MR) is 112 cm³/mol. The molecular weight excluding hydrogens is 476 g/mol. The smallest absolute Gasteiger partial charge is 0.132 e. The van der Waals surface area contributed by atoms with Crippen molar-refractivity contribution in [2.24, 2.45) is 0 Å². The van der Waals surface area contributed by atoms with E-state index in [1.165, 1.54) is 0 Å². The van der Waals surface area contributed by atoms with E-state index in [0.29, 0.717) is 12.2 Å². The van der Waals surface area contributed by atoms with Crippen molar-refractivity contribution >= 4 is 5.78 Å². The number of ketones is 1. The Hall–Kier alpha value is -1.20. The van der Waals surface area contributed by atoms with Crippen LogP contribution in [0.2, 0.25) is 0 Å². The zero-order chi connectivity index (χ0) is 18.2. The summed E-state index contributed by atoms with van der Waals surface area (Å²) in [5.41, 5.74) is 0. The van der Waals surface area contributed by atoms with Crippen LogP contribution in [0.1, 0.15) is 60.8 Å². The molecule has 144 valence electrons. The van der Waals surface area contributed by atoms with Crippen LogP contribution in [0.25, 0.3) is 0 Å². The van der Waals surface area contributed by atoms with Gasteiger partial charge in [-0.15, -0.1) is 0 Å². The molecule has 0 amide bonds. The van der Waals surface area contributed by atoms with E-state index in [1.54, 1.807) is 0 Å². The van der Waals surface area contributed by atoms with Crippen molar-refractivity contribution in [3.8, 4) is 0 Å². The van der Waals surface area contributed by atoms with Gasteiger partial charge in [0.15, 0.2) is 0 Å². The van der Waals surface area contributed by atoms with Gasteiger partial charge in [0, 0.05) is 33.9 Å². The van der Waals surface area contributed by atoms with Crippen molar-refractivity contribution in [2.45, 2.75) is 60.8 Å². The van der Waals surface area contributed by atoms with Gasteiger partial charge in [0.25, 0.3) is 0 Å². The SMILES string of the molecule is CC.CC.CCCC(=O)CC.[CH3-].[W].c1ccccc1.c1ccccc1. The molecule has 0 N–H and O–H groups in total. The fourth-order valence-corrected chi connectivity index (χ4v) is 1.23. The van der Waals surface area contributed by atoms with Crippen molar-refractivity contribution in [1.82, 2.24) is 0 Å².